The smallest absolute Gasteiger partial charge is 0.225 e. The number of nitrogens with one attached hydrogen (secondary N) is 1. The zero-order valence-corrected chi connectivity index (χ0v) is 11.9. The predicted octanol–water partition coefficient (Wildman–Crippen LogP) is 1.71. The lowest BCUT2D eigenvalue weighted by Crippen LogP contribution is -2.34. The summed E-state index contributed by atoms with van der Waals surface area (Å²) in [6, 6.07) is 11.3. The minimum atomic E-state index is -0.553. The van der Waals surface area contributed by atoms with Crippen LogP contribution in [-0.2, 0) is 17.6 Å². The molecule has 0 saturated heterocycles. The molecule has 0 aliphatic heterocycles. The molecule has 1 aliphatic carbocycles. The fourth-order valence-electron chi connectivity index (χ4n) is 2.76. The van der Waals surface area contributed by atoms with Gasteiger partial charge in [0, 0.05) is 18.3 Å². The van der Waals surface area contributed by atoms with Crippen LogP contribution in [0.3, 0.4) is 0 Å². The van der Waals surface area contributed by atoms with Crippen molar-refractivity contribution in [2.75, 3.05) is 0 Å². The highest BCUT2D eigenvalue weighted by molar-refractivity contribution is 5.79. The van der Waals surface area contributed by atoms with E-state index in [1.165, 1.54) is 0 Å². The number of rotatable bonds is 3. The molecule has 1 amide bonds. The van der Waals surface area contributed by atoms with Gasteiger partial charge in [-0.1, -0.05) is 30.3 Å². The molecular weight excluding hydrogens is 264 g/mol. The summed E-state index contributed by atoms with van der Waals surface area (Å²) >= 11 is 0. The highest BCUT2D eigenvalue weighted by atomic mass is 16.3. The third-order valence-corrected chi connectivity index (χ3v) is 3.86. The van der Waals surface area contributed by atoms with Crippen LogP contribution in [0.5, 0.6) is 0 Å². The number of aryl methyl sites for hydroxylation is 1. The molecule has 2 aromatic rings. The molecule has 1 aromatic heterocycles. The molecule has 1 aromatic carbocycles. The lowest BCUT2D eigenvalue weighted by Gasteiger charge is -2.18. The van der Waals surface area contributed by atoms with E-state index in [1.807, 2.05) is 43.3 Å². The molecule has 1 heterocycles. The van der Waals surface area contributed by atoms with E-state index < -0.39 is 6.10 Å². The largest absolute Gasteiger partial charge is 0.390 e. The lowest BCUT2D eigenvalue weighted by molar-refractivity contribution is -0.121. The van der Waals surface area contributed by atoms with Gasteiger partial charge < -0.3 is 10.4 Å². The van der Waals surface area contributed by atoms with E-state index >= 15 is 0 Å². The first-order valence-electron chi connectivity index (χ1n) is 7.10. The number of nitrogens with zero attached hydrogens (tertiary/aromatic N) is 1. The molecule has 108 valence electrons. The maximum Gasteiger partial charge on any atom is 0.225 e. The Morgan fingerprint density at radius 2 is 2.14 bits per heavy atom. The van der Waals surface area contributed by atoms with Crippen molar-refractivity contribution in [1.29, 1.82) is 0 Å². The van der Waals surface area contributed by atoms with E-state index in [2.05, 4.69) is 10.3 Å². The average Bonchev–Trinajstić information content (AvgIpc) is 2.78. The molecule has 2 unspecified atom stereocenters. The third kappa shape index (κ3) is 2.95. The molecule has 21 heavy (non-hydrogen) atoms. The summed E-state index contributed by atoms with van der Waals surface area (Å²) in [6.07, 6.45) is 2.03. The van der Waals surface area contributed by atoms with Crippen molar-refractivity contribution >= 4 is 5.91 Å². The number of carbonyl (C=O) groups is 1. The normalized spacial score (nSPS) is 20.1. The maximum absolute atomic E-state index is 12.2. The molecular formula is C17H18N2O2. The number of hydrogen-bond acceptors (Lipinski definition) is 3. The Balaban J connectivity index is 1.69. The number of pyridine rings is 1. The van der Waals surface area contributed by atoms with Gasteiger partial charge in [0.2, 0.25) is 5.91 Å². The molecule has 0 spiro atoms. The first kappa shape index (κ1) is 13.8. The number of aliphatic hydroxyl groups is 1. The van der Waals surface area contributed by atoms with Gasteiger partial charge in [0.25, 0.3) is 0 Å². The van der Waals surface area contributed by atoms with Crippen molar-refractivity contribution in [2.45, 2.75) is 31.9 Å². The van der Waals surface area contributed by atoms with Crippen LogP contribution in [-0.4, -0.2) is 22.1 Å². The average molecular weight is 282 g/mol. The van der Waals surface area contributed by atoms with Crippen LogP contribution in [0.15, 0.2) is 42.6 Å². The zero-order valence-electron chi connectivity index (χ0n) is 11.9. The number of aliphatic hydroxyl groups excluding tert-OH is 1. The Bertz CT molecular complexity index is 652. The SMILES string of the molecule is Cc1ccc(CC(=O)NC2c3ccccc3CC2O)cn1. The van der Waals surface area contributed by atoms with Crippen LogP contribution in [0.4, 0.5) is 0 Å². The van der Waals surface area contributed by atoms with Crippen LogP contribution < -0.4 is 5.32 Å². The van der Waals surface area contributed by atoms with E-state index in [-0.39, 0.29) is 18.4 Å². The monoisotopic (exact) mass is 282 g/mol. The highest BCUT2D eigenvalue weighted by Gasteiger charge is 2.31. The summed E-state index contributed by atoms with van der Waals surface area (Å²) in [5.74, 6) is -0.0959. The summed E-state index contributed by atoms with van der Waals surface area (Å²) in [5.41, 5.74) is 3.92. The maximum atomic E-state index is 12.2. The quantitative estimate of drug-likeness (QED) is 0.901. The third-order valence-electron chi connectivity index (χ3n) is 3.86. The Kier molecular flexibility index (Phi) is 3.71. The molecule has 4 nitrogen and oxygen atoms in total. The summed E-state index contributed by atoms with van der Waals surface area (Å²) < 4.78 is 0. The second-order valence-corrected chi connectivity index (χ2v) is 5.50. The fraction of sp³-hybridized carbons (Fsp3) is 0.294. The Morgan fingerprint density at radius 1 is 1.33 bits per heavy atom. The molecule has 0 radical (unpaired) electrons. The first-order valence-corrected chi connectivity index (χ1v) is 7.10. The second-order valence-electron chi connectivity index (χ2n) is 5.50. The van der Waals surface area contributed by atoms with Gasteiger partial charge >= 0.3 is 0 Å². The topological polar surface area (TPSA) is 62.2 Å². The minimum absolute atomic E-state index is 0.0959. The second kappa shape index (κ2) is 5.66. The van der Waals surface area contributed by atoms with E-state index in [0.29, 0.717) is 6.42 Å². The van der Waals surface area contributed by atoms with E-state index in [4.69, 9.17) is 0 Å². The van der Waals surface area contributed by atoms with Crippen LogP contribution >= 0.6 is 0 Å². The summed E-state index contributed by atoms with van der Waals surface area (Å²) in [7, 11) is 0. The minimum Gasteiger partial charge on any atom is -0.390 e. The van der Waals surface area contributed by atoms with E-state index in [1.54, 1.807) is 6.20 Å². The molecule has 1 aliphatic rings. The number of carbonyl (C=O) groups excluding carboxylic acids is 1. The van der Waals surface area contributed by atoms with Crippen LogP contribution in [0.25, 0.3) is 0 Å². The summed E-state index contributed by atoms with van der Waals surface area (Å²) in [5, 5.41) is 13.1. The highest BCUT2D eigenvalue weighted by Crippen LogP contribution is 2.31. The fourth-order valence-corrected chi connectivity index (χ4v) is 2.76. The molecule has 3 rings (SSSR count). The van der Waals surface area contributed by atoms with Gasteiger partial charge in [-0.2, -0.15) is 0 Å². The van der Waals surface area contributed by atoms with Crippen molar-refractivity contribution in [1.82, 2.24) is 10.3 Å². The Hall–Kier alpha value is -2.20. The number of amides is 1. The lowest BCUT2D eigenvalue weighted by atomic mass is 10.1. The van der Waals surface area contributed by atoms with Gasteiger partial charge in [0.15, 0.2) is 0 Å². The van der Waals surface area contributed by atoms with Gasteiger partial charge in [-0.25, -0.2) is 0 Å². The molecule has 0 saturated carbocycles. The molecule has 2 atom stereocenters. The zero-order chi connectivity index (χ0) is 14.8. The molecule has 0 bridgehead atoms. The summed E-state index contributed by atoms with van der Waals surface area (Å²) in [6.45, 7) is 1.91. The van der Waals surface area contributed by atoms with Gasteiger partial charge in [-0.05, 0) is 29.7 Å². The Morgan fingerprint density at radius 3 is 2.90 bits per heavy atom. The van der Waals surface area contributed by atoms with Gasteiger partial charge in [-0.15, -0.1) is 0 Å². The van der Waals surface area contributed by atoms with Crippen molar-refractivity contribution in [3.8, 4) is 0 Å². The molecule has 4 heteroatoms. The van der Waals surface area contributed by atoms with Crippen LogP contribution in [0.2, 0.25) is 0 Å². The predicted molar refractivity (Wildman–Crippen MR) is 79.7 cm³/mol. The van der Waals surface area contributed by atoms with Gasteiger partial charge in [-0.3, -0.25) is 9.78 Å². The van der Waals surface area contributed by atoms with Gasteiger partial charge in [0.1, 0.15) is 0 Å². The Labute approximate surface area is 123 Å². The van der Waals surface area contributed by atoms with Crippen LogP contribution in [0.1, 0.15) is 28.4 Å². The van der Waals surface area contributed by atoms with Crippen molar-refractivity contribution in [2.24, 2.45) is 0 Å². The molecule has 0 fully saturated rings. The number of aromatic nitrogens is 1. The van der Waals surface area contributed by atoms with Crippen molar-refractivity contribution in [3.63, 3.8) is 0 Å². The number of fused-ring (bicyclic) bond motifs is 1. The van der Waals surface area contributed by atoms with Crippen LogP contribution in [0, 0.1) is 6.92 Å². The van der Waals surface area contributed by atoms with Crippen molar-refractivity contribution in [3.05, 3.63) is 65.0 Å². The number of benzene rings is 1. The summed E-state index contributed by atoms with van der Waals surface area (Å²) in [4.78, 5) is 16.3. The molecule has 2 N–H and O–H groups in total. The van der Waals surface area contributed by atoms with Crippen molar-refractivity contribution < 1.29 is 9.90 Å². The van der Waals surface area contributed by atoms with E-state index in [0.717, 1.165) is 22.4 Å². The van der Waals surface area contributed by atoms with Gasteiger partial charge in [0.05, 0.1) is 18.6 Å². The number of hydrogen-bond donors (Lipinski definition) is 2. The standard InChI is InChI=1S/C17H18N2O2/c1-11-6-7-12(10-18-11)8-16(21)19-17-14-5-3-2-4-13(14)9-15(17)20/h2-7,10,15,17,20H,8-9H2,1H3,(H,19,21). The first-order chi connectivity index (χ1) is 10.1. The van der Waals surface area contributed by atoms with E-state index in [9.17, 15) is 9.90 Å².